The highest BCUT2D eigenvalue weighted by Gasteiger charge is 2.14. The van der Waals surface area contributed by atoms with Crippen LogP contribution in [-0.2, 0) is 13.1 Å². The molecule has 18 heavy (non-hydrogen) atoms. The van der Waals surface area contributed by atoms with Crippen LogP contribution in [-0.4, -0.2) is 25.4 Å². The quantitative estimate of drug-likeness (QED) is 0.847. The van der Waals surface area contributed by atoms with E-state index in [0.717, 1.165) is 18.9 Å². The lowest BCUT2D eigenvalue weighted by Crippen LogP contribution is -2.34. The summed E-state index contributed by atoms with van der Waals surface area (Å²) >= 11 is 0. The first-order valence-corrected chi connectivity index (χ1v) is 6.45. The van der Waals surface area contributed by atoms with E-state index in [0.29, 0.717) is 12.1 Å². The molecule has 0 aliphatic rings. The van der Waals surface area contributed by atoms with Gasteiger partial charge in [-0.25, -0.2) is 4.98 Å². The topological polar surface area (TPSA) is 47.7 Å². The van der Waals surface area contributed by atoms with Crippen LogP contribution in [0.2, 0.25) is 0 Å². The minimum absolute atomic E-state index is 0.324. The number of hydrogen-bond donors (Lipinski definition) is 1. The van der Waals surface area contributed by atoms with Gasteiger partial charge in [-0.3, -0.25) is 4.68 Å². The number of nitrogens with one attached hydrogen (secondary N) is 1. The van der Waals surface area contributed by atoms with Crippen LogP contribution in [0.25, 0.3) is 0 Å². The first-order valence-electron chi connectivity index (χ1n) is 6.45. The number of aryl methyl sites for hydroxylation is 1. The van der Waals surface area contributed by atoms with E-state index < -0.39 is 0 Å². The van der Waals surface area contributed by atoms with Crippen molar-refractivity contribution in [2.75, 3.05) is 0 Å². The Morgan fingerprint density at radius 3 is 2.78 bits per heavy atom. The second-order valence-electron chi connectivity index (χ2n) is 4.53. The van der Waals surface area contributed by atoms with Gasteiger partial charge in [-0.1, -0.05) is 0 Å². The van der Waals surface area contributed by atoms with Gasteiger partial charge in [0.25, 0.3) is 0 Å². The predicted molar refractivity (Wildman–Crippen MR) is 71.1 cm³/mol. The molecule has 0 saturated carbocycles. The van der Waals surface area contributed by atoms with Gasteiger partial charge in [-0.15, -0.1) is 0 Å². The van der Waals surface area contributed by atoms with Crippen LogP contribution in [0, 0.1) is 0 Å². The average Bonchev–Trinajstić information content (AvgIpc) is 3.05. The molecule has 0 saturated heterocycles. The van der Waals surface area contributed by atoms with Crippen molar-refractivity contribution in [2.45, 2.75) is 45.9 Å². The van der Waals surface area contributed by atoms with E-state index in [1.165, 1.54) is 0 Å². The smallest absolute Gasteiger partial charge is 0.122 e. The van der Waals surface area contributed by atoms with Crippen LogP contribution in [0.5, 0.6) is 0 Å². The van der Waals surface area contributed by atoms with Crippen LogP contribution < -0.4 is 5.32 Å². The normalized spacial score (nSPS) is 14.6. The molecule has 5 heteroatoms. The van der Waals surface area contributed by atoms with Crippen LogP contribution in [0.3, 0.4) is 0 Å². The zero-order valence-electron chi connectivity index (χ0n) is 11.2. The van der Waals surface area contributed by atoms with Gasteiger partial charge in [0.15, 0.2) is 0 Å². The van der Waals surface area contributed by atoms with Crippen LogP contribution in [0.1, 0.15) is 32.6 Å². The van der Waals surface area contributed by atoms with Crippen LogP contribution in [0.15, 0.2) is 30.9 Å². The van der Waals surface area contributed by atoms with E-state index in [1.807, 2.05) is 35.5 Å². The Morgan fingerprint density at radius 2 is 2.11 bits per heavy atom. The molecule has 2 aromatic heterocycles. The summed E-state index contributed by atoms with van der Waals surface area (Å²) in [5.41, 5.74) is 0. The van der Waals surface area contributed by atoms with Crippen molar-refractivity contribution in [1.29, 1.82) is 0 Å². The van der Waals surface area contributed by atoms with E-state index in [-0.39, 0.29) is 0 Å². The van der Waals surface area contributed by atoms with Crippen molar-refractivity contribution < 1.29 is 0 Å². The summed E-state index contributed by atoms with van der Waals surface area (Å²) in [6, 6.07) is 2.62. The number of rotatable bonds is 6. The van der Waals surface area contributed by atoms with Crippen molar-refractivity contribution in [1.82, 2.24) is 24.6 Å². The molecule has 0 spiro atoms. The van der Waals surface area contributed by atoms with Crippen molar-refractivity contribution in [3.05, 3.63) is 36.7 Å². The molecule has 5 nitrogen and oxygen atoms in total. The monoisotopic (exact) mass is 247 g/mol. The maximum absolute atomic E-state index is 4.36. The molecule has 0 aliphatic heterocycles. The van der Waals surface area contributed by atoms with E-state index in [2.05, 4.69) is 40.7 Å². The summed E-state index contributed by atoms with van der Waals surface area (Å²) in [4.78, 5) is 4.36. The fourth-order valence-electron chi connectivity index (χ4n) is 1.97. The number of nitrogens with zero attached hydrogens (tertiary/aromatic N) is 4. The predicted octanol–water partition coefficient (Wildman–Crippen LogP) is 1.84. The molecule has 1 N–H and O–H groups in total. The minimum Gasteiger partial charge on any atom is -0.334 e. The third-order valence-electron chi connectivity index (χ3n) is 3.39. The first kappa shape index (κ1) is 12.8. The highest BCUT2D eigenvalue weighted by Crippen LogP contribution is 2.09. The molecule has 2 rings (SSSR count). The van der Waals surface area contributed by atoms with Gasteiger partial charge in [0.1, 0.15) is 5.82 Å². The van der Waals surface area contributed by atoms with Gasteiger partial charge >= 0.3 is 0 Å². The molecule has 0 aromatic carbocycles. The number of aromatic nitrogens is 4. The molecule has 2 atom stereocenters. The van der Waals surface area contributed by atoms with E-state index in [9.17, 15) is 0 Å². The van der Waals surface area contributed by atoms with Crippen molar-refractivity contribution >= 4 is 0 Å². The second-order valence-corrected chi connectivity index (χ2v) is 4.53. The highest BCUT2D eigenvalue weighted by atomic mass is 15.3. The first-order chi connectivity index (χ1) is 8.72. The Labute approximate surface area is 108 Å². The fourth-order valence-corrected chi connectivity index (χ4v) is 1.97. The fraction of sp³-hybridized carbons (Fsp3) is 0.538. The Kier molecular flexibility index (Phi) is 4.15. The van der Waals surface area contributed by atoms with E-state index in [4.69, 9.17) is 0 Å². The third kappa shape index (κ3) is 2.79. The third-order valence-corrected chi connectivity index (χ3v) is 3.39. The van der Waals surface area contributed by atoms with E-state index >= 15 is 0 Å². The van der Waals surface area contributed by atoms with Gasteiger partial charge in [0.2, 0.25) is 0 Å². The molecule has 2 aromatic rings. The molecule has 2 heterocycles. The summed E-state index contributed by atoms with van der Waals surface area (Å²) in [6.45, 7) is 8.21. The van der Waals surface area contributed by atoms with E-state index in [1.54, 1.807) is 0 Å². The van der Waals surface area contributed by atoms with Crippen molar-refractivity contribution in [3.8, 4) is 0 Å². The Balaban J connectivity index is 1.90. The maximum Gasteiger partial charge on any atom is 0.122 e. The van der Waals surface area contributed by atoms with Crippen LogP contribution >= 0.6 is 0 Å². The minimum atomic E-state index is 0.324. The van der Waals surface area contributed by atoms with Gasteiger partial charge in [-0.2, -0.15) is 5.10 Å². The molecular weight excluding hydrogens is 226 g/mol. The van der Waals surface area contributed by atoms with Gasteiger partial charge in [0, 0.05) is 37.4 Å². The summed E-state index contributed by atoms with van der Waals surface area (Å²) in [6.07, 6.45) is 7.67. The molecule has 0 unspecified atom stereocenters. The summed E-state index contributed by atoms with van der Waals surface area (Å²) in [7, 11) is 0. The zero-order valence-corrected chi connectivity index (χ0v) is 11.2. The lowest BCUT2D eigenvalue weighted by Gasteiger charge is -2.21. The van der Waals surface area contributed by atoms with Gasteiger partial charge in [-0.05, 0) is 26.8 Å². The Hall–Kier alpha value is -1.62. The SMILES string of the molecule is CCn1ccnc1CN[C@H](C)[C@H](C)n1cccn1. The van der Waals surface area contributed by atoms with Gasteiger partial charge < -0.3 is 9.88 Å². The molecule has 0 radical (unpaired) electrons. The Morgan fingerprint density at radius 1 is 1.28 bits per heavy atom. The molecule has 0 amide bonds. The maximum atomic E-state index is 4.36. The second kappa shape index (κ2) is 5.82. The summed E-state index contributed by atoms with van der Waals surface area (Å²) < 4.78 is 4.13. The zero-order chi connectivity index (χ0) is 13.0. The van der Waals surface area contributed by atoms with Crippen molar-refractivity contribution in [2.24, 2.45) is 0 Å². The standard InChI is InChI=1S/C13H21N5/c1-4-17-9-7-14-13(17)10-15-11(2)12(3)18-8-5-6-16-18/h5-9,11-12,15H,4,10H2,1-3H3/t11-,12+/m1/s1. The molecule has 0 aliphatic carbocycles. The number of imidazole rings is 1. The summed E-state index contributed by atoms with van der Waals surface area (Å²) in [5, 5.41) is 7.78. The lowest BCUT2D eigenvalue weighted by atomic mass is 10.2. The highest BCUT2D eigenvalue weighted by molar-refractivity contribution is 4.92. The van der Waals surface area contributed by atoms with Crippen molar-refractivity contribution in [3.63, 3.8) is 0 Å². The lowest BCUT2D eigenvalue weighted by molar-refractivity contribution is 0.360. The molecule has 98 valence electrons. The molecule has 0 fully saturated rings. The summed E-state index contributed by atoms with van der Waals surface area (Å²) in [5.74, 6) is 1.08. The largest absolute Gasteiger partial charge is 0.334 e. The number of hydrogen-bond acceptors (Lipinski definition) is 3. The van der Waals surface area contributed by atoms with Crippen LogP contribution in [0.4, 0.5) is 0 Å². The van der Waals surface area contributed by atoms with Gasteiger partial charge in [0.05, 0.1) is 12.6 Å². The molecule has 0 bridgehead atoms. The molecular formula is C13H21N5. The average molecular weight is 247 g/mol. The Bertz CT molecular complexity index is 459.